The van der Waals surface area contributed by atoms with Crippen LogP contribution in [0.3, 0.4) is 0 Å². The van der Waals surface area contributed by atoms with Crippen LogP contribution in [-0.2, 0) is 0 Å². The van der Waals surface area contributed by atoms with Gasteiger partial charge in [-0.05, 0) is 0 Å². The van der Waals surface area contributed by atoms with Crippen LogP contribution in [-0.4, -0.2) is 57.9 Å². The second kappa shape index (κ2) is 3.04. The van der Waals surface area contributed by atoms with E-state index in [0.29, 0.717) is 0 Å². The van der Waals surface area contributed by atoms with Gasteiger partial charge in [-0.25, -0.2) is 0 Å². The van der Waals surface area contributed by atoms with Crippen molar-refractivity contribution in [3.63, 3.8) is 0 Å². The van der Waals surface area contributed by atoms with Crippen LogP contribution in [0.4, 0.5) is 0 Å². The van der Waals surface area contributed by atoms with Gasteiger partial charge in [0, 0.05) is 6.54 Å². The predicted molar refractivity (Wildman–Crippen MR) is 36.9 cm³/mol. The van der Waals surface area contributed by atoms with Crippen molar-refractivity contribution in [1.29, 1.82) is 0 Å². The maximum Gasteiger partial charge on any atom is 0.127 e. The van der Waals surface area contributed by atoms with Crippen molar-refractivity contribution in [1.82, 2.24) is 5.32 Å². The van der Waals surface area contributed by atoms with Gasteiger partial charge in [-0.3, -0.25) is 0 Å². The Hall–Kier alpha value is -0.200. The largest absolute Gasteiger partial charge is 0.395 e. The van der Waals surface area contributed by atoms with Gasteiger partial charge in [0.25, 0.3) is 0 Å². The lowest BCUT2D eigenvalue weighted by Gasteiger charge is -2.24. The molecule has 0 saturated carbocycles. The highest BCUT2D eigenvalue weighted by Gasteiger charge is 2.45. The van der Waals surface area contributed by atoms with E-state index >= 15 is 0 Å². The summed E-state index contributed by atoms with van der Waals surface area (Å²) >= 11 is 0. The van der Waals surface area contributed by atoms with E-state index in [1.807, 2.05) is 0 Å². The first-order chi connectivity index (χ1) is 5.14. The molecule has 1 heterocycles. The minimum absolute atomic E-state index is 0.107. The molecule has 5 heteroatoms. The first-order valence-corrected chi connectivity index (χ1v) is 3.49. The summed E-state index contributed by atoms with van der Waals surface area (Å²) in [7, 11) is 0. The van der Waals surface area contributed by atoms with Crippen LogP contribution in [0, 0.1) is 0 Å². The Kier molecular flexibility index (Phi) is 2.46. The molecule has 1 aliphatic heterocycles. The van der Waals surface area contributed by atoms with Crippen LogP contribution in [0.2, 0.25) is 0 Å². The highest BCUT2D eigenvalue weighted by Crippen LogP contribution is 2.18. The van der Waals surface area contributed by atoms with Crippen LogP contribution >= 0.6 is 0 Å². The van der Waals surface area contributed by atoms with E-state index in [1.54, 1.807) is 0 Å². The molecule has 5 nitrogen and oxygen atoms in total. The molecule has 1 aliphatic rings. The number of aliphatic hydroxyl groups is 4. The standard InChI is InChI=1S/C6H13NO4/c8-1-4-5(10)6(11,3-9)2-7-4/h4-5,7-11H,1-3H2/t4?,5?,6-/m0/s1. The molecular formula is C6H13NO4. The second-order valence-corrected chi connectivity index (χ2v) is 2.88. The molecule has 0 aromatic heterocycles. The Morgan fingerprint density at radius 2 is 2.09 bits per heavy atom. The summed E-state index contributed by atoms with van der Waals surface area (Å²) in [4.78, 5) is 0. The number of rotatable bonds is 2. The summed E-state index contributed by atoms with van der Waals surface area (Å²) in [6.07, 6.45) is -1.10. The fourth-order valence-electron chi connectivity index (χ4n) is 1.21. The fraction of sp³-hybridized carbons (Fsp3) is 1.00. The first-order valence-electron chi connectivity index (χ1n) is 3.49. The third-order valence-electron chi connectivity index (χ3n) is 2.07. The first kappa shape index (κ1) is 8.89. The molecular weight excluding hydrogens is 150 g/mol. The lowest BCUT2D eigenvalue weighted by Crippen LogP contribution is -2.47. The average molecular weight is 163 g/mol. The SMILES string of the molecule is OCC1NC[C@](O)(CO)C1O. The lowest BCUT2D eigenvalue weighted by molar-refractivity contribution is -0.0842. The van der Waals surface area contributed by atoms with E-state index in [0.717, 1.165) is 0 Å². The summed E-state index contributed by atoms with van der Waals surface area (Å²) in [5, 5.41) is 38.7. The molecule has 1 rings (SSSR count). The van der Waals surface area contributed by atoms with Crippen molar-refractivity contribution in [3.8, 4) is 0 Å². The summed E-state index contributed by atoms with van der Waals surface area (Å²) in [6.45, 7) is -0.642. The maximum atomic E-state index is 9.40. The molecule has 0 amide bonds. The minimum Gasteiger partial charge on any atom is -0.395 e. The molecule has 66 valence electrons. The Balaban J connectivity index is 2.61. The summed E-state index contributed by atoms with van der Waals surface area (Å²) in [6, 6.07) is -0.535. The van der Waals surface area contributed by atoms with E-state index in [2.05, 4.69) is 5.32 Å². The predicted octanol–water partition coefficient (Wildman–Crippen LogP) is -2.97. The van der Waals surface area contributed by atoms with E-state index in [-0.39, 0.29) is 13.2 Å². The molecule has 0 aromatic carbocycles. The van der Waals surface area contributed by atoms with Crippen molar-refractivity contribution in [2.45, 2.75) is 17.7 Å². The highest BCUT2D eigenvalue weighted by molar-refractivity contribution is 5.01. The molecule has 5 N–H and O–H groups in total. The van der Waals surface area contributed by atoms with Gasteiger partial charge in [0.1, 0.15) is 11.7 Å². The van der Waals surface area contributed by atoms with Crippen LogP contribution in [0.1, 0.15) is 0 Å². The van der Waals surface area contributed by atoms with Crippen molar-refractivity contribution < 1.29 is 20.4 Å². The van der Waals surface area contributed by atoms with E-state index in [9.17, 15) is 10.2 Å². The molecule has 3 atom stereocenters. The quantitative estimate of drug-likeness (QED) is 0.300. The van der Waals surface area contributed by atoms with Crippen LogP contribution in [0.25, 0.3) is 0 Å². The highest BCUT2D eigenvalue weighted by atomic mass is 16.4. The molecule has 0 radical (unpaired) electrons. The van der Waals surface area contributed by atoms with Gasteiger partial charge in [0.05, 0.1) is 19.3 Å². The zero-order valence-electron chi connectivity index (χ0n) is 6.06. The van der Waals surface area contributed by atoms with Gasteiger partial charge in [0.2, 0.25) is 0 Å². The Bertz CT molecular complexity index is 143. The van der Waals surface area contributed by atoms with Gasteiger partial charge in [0.15, 0.2) is 0 Å². The van der Waals surface area contributed by atoms with Gasteiger partial charge >= 0.3 is 0 Å². The molecule has 1 fully saturated rings. The van der Waals surface area contributed by atoms with E-state index in [1.165, 1.54) is 0 Å². The number of hydrogen-bond donors (Lipinski definition) is 5. The molecule has 0 aliphatic carbocycles. The number of hydrogen-bond acceptors (Lipinski definition) is 5. The maximum absolute atomic E-state index is 9.40. The van der Waals surface area contributed by atoms with Crippen molar-refractivity contribution in [2.75, 3.05) is 19.8 Å². The monoisotopic (exact) mass is 163 g/mol. The van der Waals surface area contributed by atoms with E-state index < -0.39 is 24.4 Å². The lowest BCUT2D eigenvalue weighted by atomic mass is 9.98. The second-order valence-electron chi connectivity index (χ2n) is 2.88. The van der Waals surface area contributed by atoms with Gasteiger partial charge in [-0.1, -0.05) is 0 Å². The number of β-amino-alcohol motifs (C(OH)–C–C–N with tert-alkyl or cyclic N) is 1. The zero-order valence-corrected chi connectivity index (χ0v) is 6.06. The van der Waals surface area contributed by atoms with Crippen LogP contribution in [0.5, 0.6) is 0 Å². The normalized spacial score (nSPS) is 44.7. The smallest absolute Gasteiger partial charge is 0.127 e. The molecule has 1 saturated heterocycles. The van der Waals surface area contributed by atoms with Crippen LogP contribution in [0.15, 0.2) is 0 Å². The van der Waals surface area contributed by atoms with E-state index in [4.69, 9.17) is 10.2 Å². The molecule has 0 bridgehead atoms. The topological polar surface area (TPSA) is 93.0 Å². The molecule has 2 unspecified atom stereocenters. The van der Waals surface area contributed by atoms with Gasteiger partial charge < -0.3 is 25.7 Å². The number of aliphatic hydroxyl groups excluding tert-OH is 3. The third kappa shape index (κ3) is 1.38. The minimum atomic E-state index is -1.49. The summed E-state index contributed by atoms with van der Waals surface area (Å²) in [5.74, 6) is 0. The Morgan fingerprint density at radius 3 is 2.36 bits per heavy atom. The zero-order chi connectivity index (χ0) is 8.48. The Labute approximate surface area is 64.3 Å². The molecule has 0 spiro atoms. The number of nitrogens with one attached hydrogen (secondary N) is 1. The average Bonchev–Trinajstić information content (AvgIpc) is 2.31. The summed E-state index contributed by atoms with van der Waals surface area (Å²) < 4.78 is 0. The van der Waals surface area contributed by atoms with Gasteiger partial charge in [-0.2, -0.15) is 0 Å². The van der Waals surface area contributed by atoms with Crippen molar-refractivity contribution >= 4 is 0 Å². The fourth-order valence-corrected chi connectivity index (χ4v) is 1.21. The van der Waals surface area contributed by atoms with Gasteiger partial charge in [-0.15, -0.1) is 0 Å². The molecule has 0 aromatic rings. The molecule has 11 heavy (non-hydrogen) atoms. The third-order valence-corrected chi connectivity index (χ3v) is 2.07. The van der Waals surface area contributed by atoms with Crippen LogP contribution < -0.4 is 5.32 Å². The van der Waals surface area contributed by atoms with Crippen molar-refractivity contribution in [3.05, 3.63) is 0 Å². The Morgan fingerprint density at radius 1 is 1.45 bits per heavy atom. The summed E-state index contributed by atoms with van der Waals surface area (Å²) in [5.41, 5.74) is -1.49. The van der Waals surface area contributed by atoms with Crippen molar-refractivity contribution in [2.24, 2.45) is 0 Å².